The highest BCUT2D eigenvalue weighted by molar-refractivity contribution is 5.43. The van der Waals surface area contributed by atoms with Crippen LogP contribution in [0.1, 0.15) is 31.9 Å². The second-order valence-corrected chi connectivity index (χ2v) is 4.98. The molecule has 1 aromatic carbocycles. The van der Waals surface area contributed by atoms with Crippen LogP contribution in [0.4, 0.5) is 0 Å². The molecule has 1 atom stereocenters. The molecule has 0 heterocycles. The monoisotopic (exact) mass is 280 g/mol. The highest BCUT2D eigenvalue weighted by Gasteiger charge is 2.15. The predicted molar refractivity (Wildman–Crippen MR) is 83.8 cm³/mol. The van der Waals surface area contributed by atoms with Gasteiger partial charge in [-0.15, -0.1) is 0 Å². The lowest BCUT2D eigenvalue weighted by atomic mass is 10.1. The fourth-order valence-electron chi connectivity index (χ4n) is 2.12. The lowest BCUT2D eigenvalue weighted by Gasteiger charge is -2.25. The van der Waals surface area contributed by atoms with E-state index >= 15 is 0 Å². The first-order valence-corrected chi connectivity index (χ1v) is 7.30. The normalized spacial score (nSPS) is 12.5. The van der Waals surface area contributed by atoms with Gasteiger partial charge in [0.1, 0.15) is 0 Å². The second kappa shape index (κ2) is 8.82. The Bertz CT molecular complexity index is 396. The Morgan fingerprint density at radius 3 is 2.40 bits per heavy atom. The van der Waals surface area contributed by atoms with E-state index in [9.17, 15) is 0 Å². The van der Waals surface area contributed by atoms with Crippen LogP contribution in [0.5, 0.6) is 11.5 Å². The number of ether oxygens (including phenoxy) is 2. The van der Waals surface area contributed by atoms with Crippen molar-refractivity contribution in [2.24, 2.45) is 0 Å². The molecule has 4 nitrogen and oxygen atoms in total. The third kappa shape index (κ3) is 4.69. The van der Waals surface area contributed by atoms with E-state index in [4.69, 9.17) is 9.47 Å². The number of benzene rings is 1. The average Bonchev–Trinajstić information content (AvgIpc) is 2.50. The molecule has 0 aliphatic rings. The Hall–Kier alpha value is -1.26. The van der Waals surface area contributed by atoms with E-state index < -0.39 is 0 Å². The van der Waals surface area contributed by atoms with Gasteiger partial charge in [0, 0.05) is 12.6 Å². The van der Waals surface area contributed by atoms with Gasteiger partial charge in [-0.3, -0.25) is 0 Å². The predicted octanol–water partition coefficient (Wildman–Crippen LogP) is 2.70. The minimum Gasteiger partial charge on any atom is -0.493 e. The topological polar surface area (TPSA) is 33.7 Å². The van der Waals surface area contributed by atoms with Gasteiger partial charge in [0.25, 0.3) is 0 Å². The van der Waals surface area contributed by atoms with Crippen molar-refractivity contribution < 1.29 is 9.47 Å². The highest BCUT2D eigenvalue weighted by Crippen LogP contribution is 2.30. The summed E-state index contributed by atoms with van der Waals surface area (Å²) in [5.41, 5.74) is 1.23. The summed E-state index contributed by atoms with van der Waals surface area (Å²) in [5.74, 6) is 1.56. The van der Waals surface area contributed by atoms with Gasteiger partial charge in [0.05, 0.1) is 14.2 Å². The van der Waals surface area contributed by atoms with Gasteiger partial charge < -0.3 is 19.7 Å². The molecule has 0 bridgehead atoms. The highest BCUT2D eigenvalue weighted by atomic mass is 16.5. The standard InChI is InChI=1S/C16H28N2O2/c1-6-10-17-14(12-18(3)7-2)13-8-9-15(19-4)16(11-13)20-5/h8-9,11,14,17H,6-7,10,12H2,1-5H3. The van der Waals surface area contributed by atoms with E-state index in [0.717, 1.165) is 37.6 Å². The summed E-state index contributed by atoms with van der Waals surface area (Å²) in [6, 6.07) is 6.45. The molecule has 0 saturated heterocycles. The van der Waals surface area contributed by atoms with Crippen molar-refractivity contribution in [3.8, 4) is 11.5 Å². The lowest BCUT2D eigenvalue weighted by Crippen LogP contribution is -2.33. The maximum Gasteiger partial charge on any atom is 0.161 e. The van der Waals surface area contributed by atoms with Crippen molar-refractivity contribution in [2.45, 2.75) is 26.3 Å². The SMILES string of the molecule is CCCNC(CN(C)CC)c1ccc(OC)c(OC)c1. The number of methoxy groups -OCH3 is 2. The maximum absolute atomic E-state index is 5.40. The van der Waals surface area contributed by atoms with Crippen LogP contribution in [0, 0.1) is 0 Å². The van der Waals surface area contributed by atoms with E-state index in [-0.39, 0.29) is 0 Å². The van der Waals surface area contributed by atoms with Gasteiger partial charge in [-0.2, -0.15) is 0 Å². The van der Waals surface area contributed by atoms with Gasteiger partial charge >= 0.3 is 0 Å². The fourth-order valence-corrected chi connectivity index (χ4v) is 2.12. The molecule has 1 rings (SSSR count). The number of hydrogen-bond acceptors (Lipinski definition) is 4. The summed E-state index contributed by atoms with van der Waals surface area (Å²) >= 11 is 0. The Morgan fingerprint density at radius 2 is 1.85 bits per heavy atom. The molecule has 0 aromatic heterocycles. The van der Waals surface area contributed by atoms with Crippen molar-refractivity contribution >= 4 is 0 Å². The molecule has 4 heteroatoms. The summed E-state index contributed by atoms with van der Waals surface area (Å²) in [7, 11) is 5.48. The van der Waals surface area contributed by atoms with E-state index in [0.29, 0.717) is 6.04 Å². The van der Waals surface area contributed by atoms with E-state index in [1.165, 1.54) is 5.56 Å². The first kappa shape index (κ1) is 16.8. The smallest absolute Gasteiger partial charge is 0.161 e. The number of rotatable bonds is 9. The average molecular weight is 280 g/mol. The first-order chi connectivity index (χ1) is 9.65. The molecule has 0 saturated carbocycles. The molecular formula is C16H28N2O2. The zero-order chi connectivity index (χ0) is 15.0. The van der Waals surface area contributed by atoms with Gasteiger partial charge in [-0.05, 0) is 44.3 Å². The molecular weight excluding hydrogens is 252 g/mol. The molecule has 0 radical (unpaired) electrons. The second-order valence-electron chi connectivity index (χ2n) is 4.98. The minimum absolute atomic E-state index is 0.305. The molecule has 0 fully saturated rings. The number of nitrogens with one attached hydrogen (secondary N) is 1. The van der Waals surface area contributed by atoms with Crippen LogP contribution in [0.25, 0.3) is 0 Å². The van der Waals surface area contributed by atoms with Crippen LogP contribution in [-0.2, 0) is 0 Å². The number of likely N-dealkylation sites (N-methyl/N-ethyl adjacent to an activating group) is 1. The van der Waals surface area contributed by atoms with E-state index in [1.807, 2.05) is 6.07 Å². The van der Waals surface area contributed by atoms with Crippen molar-refractivity contribution in [1.82, 2.24) is 10.2 Å². The molecule has 0 spiro atoms. The molecule has 1 N–H and O–H groups in total. The van der Waals surface area contributed by atoms with Crippen LogP contribution in [0.3, 0.4) is 0 Å². The zero-order valence-corrected chi connectivity index (χ0v) is 13.4. The van der Waals surface area contributed by atoms with Crippen molar-refractivity contribution in [2.75, 3.05) is 40.9 Å². The van der Waals surface area contributed by atoms with Crippen LogP contribution in [0.2, 0.25) is 0 Å². The lowest BCUT2D eigenvalue weighted by molar-refractivity contribution is 0.302. The quantitative estimate of drug-likeness (QED) is 0.754. The number of hydrogen-bond donors (Lipinski definition) is 1. The first-order valence-electron chi connectivity index (χ1n) is 7.30. The van der Waals surface area contributed by atoms with Gasteiger partial charge in [0.15, 0.2) is 11.5 Å². The summed E-state index contributed by atoms with van der Waals surface area (Å²) in [5, 5.41) is 3.60. The van der Waals surface area contributed by atoms with Gasteiger partial charge in [0.2, 0.25) is 0 Å². The Kier molecular flexibility index (Phi) is 7.41. The van der Waals surface area contributed by atoms with Gasteiger partial charge in [-0.1, -0.05) is 19.9 Å². The summed E-state index contributed by atoms with van der Waals surface area (Å²) in [4.78, 5) is 2.31. The molecule has 114 valence electrons. The van der Waals surface area contributed by atoms with Crippen LogP contribution < -0.4 is 14.8 Å². The van der Waals surface area contributed by atoms with E-state index in [1.54, 1.807) is 14.2 Å². The Labute approximate surface area is 123 Å². The van der Waals surface area contributed by atoms with Crippen LogP contribution in [-0.4, -0.2) is 45.8 Å². The number of nitrogens with zero attached hydrogens (tertiary/aromatic N) is 1. The molecule has 0 aliphatic carbocycles. The summed E-state index contributed by atoms with van der Waals surface area (Å²) in [6.45, 7) is 7.38. The van der Waals surface area contributed by atoms with Crippen molar-refractivity contribution in [1.29, 1.82) is 0 Å². The molecule has 1 aromatic rings. The minimum atomic E-state index is 0.305. The third-order valence-electron chi connectivity index (χ3n) is 3.48. The van der Waals surface area contributed by atoms with Gasteiger partial charge in [-0.25, -0.2) is 0 Å². The largest absolute Gasteiger partial charge is 0.493 e. The van der Waals surface area contributed by atoms with Crippen molar-refractivity contribution in [3.05, 3.63) is 23.8 Å². The molecule has 20 heavy (non-hydrogen) atoms. The van der Waals surface area contributed by atoms with Crippen LogP contribution >= 0.6 is 0 Å². The Balaban J connectivity index is 2.93. The van der Waals surface area contributed by atoms with Crippen molar-refractivity contribution in [3.63, 3.8) is 0 Å². The molecule has 1 unspecified atom stereocenters. The van der Waals surface area contributed by atoms with Crippen LogP contribution in [0.15, 0.2) is 18.2 Å². The maximum atomic E-state index is 5.40. The summed E-state index contributed by atoms with van der Waals surface area (Å²) < 4.78 is 10.7. The third-order valence-corrected chi connectivity index (χ3v) is 3.48. The Morgan fingerprint density at radius 1 is 1.15 bits per heavy atom. The van der Waals surface area contributed by atoms with E-state index in [2.05, 4.69) is 43.2 Å². The molecule has 0 amide bonds. The zero-order valence-electron chi connectivity index (χ0n) is 13.4. The molecule has 0 aliphatic heterocycles. The summed E-state index contributed by atoms with van der Waals surface area (Å²) in [6.07, 6.45) is 1.12. The fraction of sp³-hybridized carbons (Fsp3) is 0.625.